The maximum atomic E-state index is 5.94. The molecule has 1 aromatic carbocycles. The molecule has 0 bridgehead atoms. The van der Waals surface area contributed by atoms with Crippen LogP contribution in [0.3, 0.4) is 0 Å². The van der Waals surface area contributed by atoms with Gasteiger partial charge in [0.25, 0.3) is 0 Å². The van der Waals surface area contributed by atoms with Crippen molar-refractivity contribution in [3.05, 3.63) is 23.3 Å². The molecule has 3 nitrogen and oxygen atoms in total. The van der Waals surface area contributed by atoms with Gasteiger partial charge in [0.1, 0.15) is 12.4 Å². The quantitative estimate of drug-likeness (QED) is 0.799. The molecule has 0 aliphatic heterocycles. The third-order valence-corrected chi connectivity index (χ3v) is 2.82. The van der Waals surface area contributed by atoms with Gasteiger partial charge in [-0.25, -0.2) is 0 Å². The topological polar surface area (TPSA) is 38.5 Å². The first-order valence-corrected chi connectivity index (χ1v) is 6.09. The molecule has 0 fully saturated rings. The van der Waals surface area contributed by atoms with Crippen molar-refractivity contribution in [2.24, 2.45) is 0 Å². The maximum absolute atomic E-state index is 5.94. The van der Waals surface area contributed by atoms with Crippen LogP contribution in [0.25, 0.3) is 0 Å². The summed E-state index contributed by atoms with van der Waals surface area (Å²) in [6, 6.07) is 4.07. The summed E-state index contributed by atoms with van der Waals surface area (Å²) in [6.07, 6.45) is 0. The van der Waals surface area contributed by atoms with Crippen molar-refractivity contribution in [2.75, 3.05) is 33.0 Å². The molecule has 3 heteroatoms. The number of benzene rings is 1. The Morgan fingerprint density at radius 1 is 1.29 bits per heavy atom. The first kappa shape index (κ1) is 13.8. The Morgan fingerprint density at radius 3 is 2.47 bits per heavy atom. The van der Waals surface area contributed by atoms with Crippen LogP contribution in [0.5, 0.6) is 5.75 Å². The summed E-state index contributed by atoms with van der Waals surface area (Å²) < 4.78 is 5.85. The van der Waals surface area contributed by atoms with Crippen molar-refractivity contribution >= 4 is 5.69 Å². The number of nitrogens with two attached hydrogens (primary N) is 1. The van der Waals surface area contributed by atoms with Crippen LogP contribution in [0.1, 0.15) is 30.9 Å². The summed E-state index contributed by atoms with van der Waals surface area (Å²) in [5, 5.41) is 0. The fourth-order valence-corrected chi connectivity index (χ4v) is 1.63. The third kappa shape index (κ3) is 3.93. The van der Waals surface area contributed by atoms with Gasteiger partial charge in [-0.15, -0.1) is 0 Å². The lowest BCUT2D eigenvalue weighted by Gasteiger charge is -2.17. The first-order valence-electron chi connectivity index (χ1n) is 6.09. The molecule has 1 rings (SSSR count). The normalized spacial score (nSPS) is 11.2. The van der Waals surface area contributed by atoms with Crippen LogP contribution in [-0.4, -0.2) is 32.1 Å². The van der Waals surface area contributed by atoms with Gasteiger partial charge in [0, 0.05) is 12.2 Å². The van der Waals surface area contributed by atoms with Gasteiger partial charge in [0.05, 0.1) is 0 Å². The summed E-state index contributed by atoms with van der Waals surface area (Å²) in [7, 11) is 4.09. The van der Waals surface area contributed by atoms with Crippen LogP contribution in [-0.2, 0) is 0 Å². The zero-order chi connectivity index (χ0) is 13.0. The number of aryl methyl sites for hydroxylation is 1. The van der Waals surface area contributed by atoms with Crippen molar-refractivity contribution in [2.45, 2.75) is 26.7 Å². The van der Waals surface area contributed by atoms with Gasteiger partial charge in [0.15, 0.2) is 0 Å². The molecule has 17 heavy (non-hydrogen) atoms. The highest BCUT2D eigenvalue weighted by molar-refractivity contribution is 5.55. The van der Waals surface area contributed by atoms with Gasteiger partial charge in [-0.3, -0.25) is 0 Å². The minimum atomic E-state index is 0.423. The smallest absolute Gasteiger partial charge is 0.123 e. The second-order valence-electron chi connectivity index (χ2n) is 5.05. The average molecular weight is 236 g/mol. The second-order valence-corrected chi connectivity index (χ2v) is 5.05. The Kier molecular flexibility index (Phi) is 4.82. The molecule has 0 aliphatic rings. The van der Waals surface area contributed by atoms with E-state index in [2.05, 4.69) is 18.7 Å². The highest BCUT2D eigenvalue weighted by atomic mass is 16.5. The second kappa shape index (κ2) is 5.92. The standard InChI is InChI=1S/C14H24N2O/c1-10(2)12-9-13(15)11(3)8-14(12)17-7-6-16(4)5/h8-10H,6-7,15H2,1-5H3. The monoisotopic (exact) mass is 236 g/mol. The molecule has 0 unspecified atom stereocenters. The van der Waals surface area contributed by atoms with Crippen LogP contribution in [0.15, 0.2) is 12.1 Å². The van der Waals surface area contributed by atoms with E-state index in [0.29, 0.717) is 12.5 Å². The maximum Gasteiger partial charge on any atom is 0.123 e. The zero-order valence-corrected chi connectivity index (χ0v) is 11.6. The minimum Gasteiger partial charge on any atom is -0.492 e. The summed E-state index contributed by atoms with van der Waals surface area (Å²) in [5.74, 6) is 1.39. The van der Waals surface area contributed by atoms with Crippen molar-refractivity contribution in [3.63, 3.8) is 0 Å². The Bertz CT molecular complexity index is 373. The molecule has 0 aromatic heterocycles. The predicted molar refractivity (Wildman–Crippen MR) is 73.7 cm³/mol. The summed E-state index contributed by atoms with van der Waals surface area (Å²) in [4.78, 5) is 2.11. The third-order valence-electron chi connectivity index (χ3n) is 2.82. The van der Waals surface area contributed by atoms with E-state index in [4.69, 9.17) is 10.5 Å². The van der Waals surface area contributed by atoms with E-state index in [-0.39, 0.29) is 0 Å². The number of nitrogen functional groups attached to an aromatic ring is 1. The van der Waals surface area contributed by atoms with E-state index in [1.54, 1.807) is 0 Å². The molecule has 0 saturated carbocycles. The molecular formula is C14H24N2O. The van der Waals surface area contributed by atoms with Crippen molar-refractivity contribution < 1.29 is 4.74 Å². The van der Waals surface area contributed by atoms with Gasteiger partial charge < -0.3 is 15.4 Å². The largest absolute Gasteiger partial charge is 0.492 e. The number of nitrogens with zero attached hydrogens (tertiary/aromatic N) is 1. The van der Waals surface area contributed by atoms with Crippen LogP contribution in [0.2, 0.25) is 0 Å². The van der Waals surface area contributed by atoms with Gasteiger partial charge in [-0.2, -0.15) is 0 Å². The molecule has 96 valence electrons. The average Bonchev–Trinajstić information content (AvgIpc) is 2.22. The number of hydrogen-bond acceptors (Lipinski definition) is 3. The van der Waals surface area contributed by atoms with Gasteiger partial charge >= 0.3 is 0 Å². The number of ether oxygens (including phenoxy) is 1. The van der Waals surface area contributed by atoms with Gasteiger partial charge in [-0.1, -0.05) is 13.8 Å². The van der Waals surface area contributed by atoms with Crippen molar-refractivity contribution in [1.82, 2.24) is 4.90 Å². The molecule has 0 aliphatic carbocycles. The Morgan fingerprint density at radius 2 is 1.94 bits per heavy atom. The molecule has 1 aromatic rings. The van der Waals surface area contributed by atoms with E-state index in [9.17, 15) is 0 Å². The molecule has 0 saturated heterocycles. The highest BCUT2D eigenvalue weighted by Gasteiger charge is 2.10. The highest BCUT2D eigenvalue weighted by Crippen LogP contribution is 2.30. The molecule has 0 atom stereocenters. The van der Waals surface area contributed by atoms with Crippen molar-refractivity contribution in [3.8, 4) is 5.75 Å². The number of likely N-dealkylation sites (N-methyl/N-ethyl adjacent to an activating group) is 1. The number of rotatable bonds is 5. The zero-order valence-electron chi connectivity index (χ0n) is 11.6. The van der Waals surface area contributed by atoms with E-state index in [1.807, 2.05) is 33.2 Å². The van der Waals surface area contributed by atoms with E-state index < -0.39 is 0 Å². The molecule has 0 spiro atoms. The SMILES string of the molecule is Cc1cc(OCCN(C)C)c(C(C)C)cc1N. The van der Waals surface area contributed by atoms with E-state index >= 15 is 0 Å². The lowest BCUT2D eigenvalue weighted by atomic mass is 9.99. The first-order chi connectivity index (χ1) is 7.91. The fraction of sp³-hybridized carbons (Fsp3) is 0.571. The van der Waals surface area contributed by atoms with Gasteiger partial charge in [0.2, 0.25) is 0 Å². The fourth-order valence-electron chi connectivity index (χ4n) is 1.63. The van der Waals surface area contributed by atoms with Crippen LogP contribution in [0.4, 0.5) is 5.69 Å². The molecule has 0 radical (unpaired) electrons. The lowest BCUT2D eigenvalue weighted by Crippen LogP contribution is -2.20. The molecule has 0 heterocycles. The number of anilines is 1. The molecule has 0 amide bonds. The van der Waals surface area contributed by atoms with E-state index in [1.165, 1.54) is 5.56 Å². The molecule has 2 N–H and O–H groups in total. The van der Waals surface area contributed by atoms with Gasteiger partial charge in [-0.05, 0) is 50.2 Å². The molecular weight excluding hydrogens is 212 g/mol. The Hall–Kier alpha value is -1.22. The predicted octanol–water partition coefficient (Wildman–Crippen LogP) is 2.64. The van der Waals surface area contributed by atoms with Crippen LogP contribution >= 0.6 is 0 Å². The van der Waals surface area contributed by atoms with Crippen molar-refractivity contribution in [1.29, 1.82) is 0 Å². The minimum absolute atomic E-state index is 0.423. The summed E-state index contributed by atoms with van der Waals surface area (Å²) >= 11 is 0. The van der Waals surface area contributed by atoms with E-state index in [0.717, 1.165) is 23.5 Å². The Balaban J connectivity index is 2.85. The Labute approximate surface area is 105 Å². The summed E-state index contributed by atoms with van der Waals surface area (Å²) in [6.45, 7) is 7.95. The van der Waals surface area contributed by atoms with Crippen LogP contribution < -0.4 is 10.5 Å². The lowest BCUT2D eigenvalue weighted by molar-refractivity contribution is 0.259. The number of hydrogen-bond donors (Lipinski definition) is 1. The summed E-state index contributed by atoms with van der Waals surface area (Å²) in [5.41, 5.74) is 9.05. The van der Waals surface area contributed by atoms with Crippen LogP contribution in [0, 0.1) is 6.92 Å².